The average Bonchev–Trinajstić information content (AvgIpc) is 3.50. The van der Waals surface area contributed by atoms with Gasteiger partial charge in [0.15, 0.2) is 0 Å². The number of hydrogen-bond donors (Lipinski definition) is 0. The summed E-state index contributed by atoms with van der Waals surface area (Å²) in [5.41, 5.74) is 11.3. The Kier molecular flexibility index (Phi) is 4.08. The van der Waals surface area contributed by atoms with Crippen molar-refractivity contribution in [2.45, 2.75) is 0 Å². The van der Waals surface area contributed by atoms with Crippen LogP contribution >= 0.6 is 0 Å². The fourth-order valence-electron chi connectivity index (χ4n) is 6.68. The topological polar surface area (TPSA) is 17.8 Å². The zero-order chi connectivity index (χ0) is 25.5. The molecule has 180 valence electrons. The molecule has 9 rings (SSSR count). The molecular weight excluding hydrogens is 472 g/mol. The molecular formula is C37H22N2. The molecule has 8 aromatic rings. The third kappa shape index (κ3) is 2.83. The summed E-state index contributed by atoms with van der Waals surface area (Å²) in [4.78, 5) is 4.48. The average molecular weight is 495 g/mol. The van der Waals surface area contributed by atoms with E-state index in [2.05, 4.69) is 131 Å². The predicted molar refractivity (Wildman–Crippen MR) is 163 cm³/mol. The Labute approximate surface area is 225 Å². The van der Waals surface area contributed by atoms with E-state index in [0.717, 1.165) is 11.2 Å². The quantitative estimate of drug-likeness (QED) is 0.234. The molecule has 39 heavy (non-hydrogen) atoms. The van der Waals surface area contributed by atoms with Crippen LogP contribution in [0.3, 0.4) is 0 Å². The lowest BCUT2D eigenvalue weighted by molar-refractivity contribution is 1.17. The van der Waals surface area contributed by atoms with Gasteiger partial charge in [0.05, 0.1) is 17.2 Å². The molecule has 0 unspecified atom stereocenters. The minimum atomic E-state index is 1.12. The van der Waals surface area contributed by atoms with Crippen LogP contribution in [0.4, 0.5) is 0 Å². The van der Waals surface area contributed by atoms with Gasteiger partial charge in [-0.25, -0.2) is 0 Å². The molecule has 0 amide bonds. The Bertz CT molecular complexity index is 2240. The summed E-state index contributed by atoms with van der Waals surface area (Å²) in [5.74, 6) is 0. The molecule has 0 saturated carbocycles. The molecule has 0 atom stereocenters. The van der Waals surface area contributed by atoms with Crippen LogP contribution in [0.1, 0.15) is 0 Å². The lowest BCUT2D eigenvalue weighted by Gasteiger charge is -2.12. The lowest BCUT2D eigenvalue weighted by atomic mass is 9.94. The van der Waals surface area contributed by atoms with Crippen LogP contribution in [-0.2, 0) is 0 Å². The van der Waals surface area contributed by atoms with E-state index in [4.69, 9.17) is 0 Å². The highest BCUT2D eigenvalue weighted by Crippen LogP contribution is 2.49. The molecule has 0 aliphatic heterocycles. The Balaban J connectivity index is 1.24. The summed E-state index contributed by atoms with van der Waals surface area (Å²) in [6.07, 6.45) is 3.87. The standard InChI is InChI=1S/C37H22N2/c1-2-7-25-21-35-34(20-24(25)6-1)30-18-19-38-22-36(30)39(35)26-14-12-23(13-15-26)27-16-17-33-29-9-4-3-8-28(29)32-11-5-10-31(27)37(32)33/h1-22H. The van der Waals surface area contributed by atoms with E-state index in [1.165, 1.54) is 71.2 Å². The second-order valence-electron chi connectivity index (χ2n) is 10.4. The summed E-state index contributed by atoms with van der Waals surface area (Å²) in [6, 6.07) is 44.4. The molecule has 0 spiro atoms. The highest BCUT2D eigenvalue weighted by atomic mass is 15.0. The number of nitrogens with zero attached hydrogens (tertiary/aromatic N) is 2. The van der Waals surface area contributed by atoms with E-state index in [-0.39, 0.29) is 0 Å². The first kappa shape index (κ1) is 20.8. The molecule has 2 heterocycles. The van der Waals surface area contributed by atoms with Crippen LogP contribution in [0.5, 0.6) is 0 Å². The van der Waals surface area contributed by atoms with Gasteiger partial charge < -0.3 is 4.57 Å². The van der Waals surface area contributed by atoms with Crippen LogP contribution in [0.2, 0.25) is 0 Å². The number of benzene rings is 6. The van der Waals surface area contributed by atoms with Gasteiger partial charge in [0.2, 0.25) is 0 Å². The van der Waals surface area contributed by atoms with Crippen LogP contribution in [-0.4, -0.2) is 9.55 Å². The maximum atomic E-state index is 4.48. The Hall–Kier alpha value is -5.21. The smallest absolute Gasteiger partial charge is 0.0724 e. The van der Waals surface area contributed by atoms with Crippen molar-refractivity contribution < 1.29 is 0 Å². The number of hydrogen-bond acceptors (Lipinski definition) is 1. The molecule has 0 fully saturated rings. The third-order valence-corrected chi connectivity index (χ3v) is 8.42. The van der Waals surface area contributed by atoms with Crippen LogP contribution < -0.4 is 0 Å². The van der Waals surface area contributed by atoms with E-state index in [0.29, 0.717) is 0 Å². The Morgan fingerprint density at radius 1 is 0.462 bits per heavy atom. The minimum Gasteiger partial charge on any atom is -0.308 e. The largest absolute Gasteiger partial charge is 0.308 e. The van der Waals surface area contributed by atoms with Gasteiger partial charge in [-0.3, -0.25) is 4.98 Å². The molecule has 2 aromatic heterocycles. The molecule has 1 aliphatic rings. The first-order valence-corrected chi connectivity index (χ1v) is 13.4. The summed E-state index contributed by atoms with van der Waals surface area (Å²) < 4.78 is 2.35. The highest BCUT2D eigenvalue weighted by Gasteiger charge is 2.22. The zero-order valence-electron chi connectivity index (χ0n) is 21.1. The number of rotatable bonds is 2. The number of aromatic nitrogens is 2. The first-order valence-electron chi connectivity index (χ1n) is 13.4. The van der Waals surface area contributed by atoms with Gasteiger partial charge in [0, 0.05) is 22.7 Å². The van der Waals surface area contributed by atoms with Crippen molar-refractivity contribution in [1.82, 2.24) is 9.55 Å². The van der Waals surface area contributed by atoms with Gasteiger partial charge in [-0.1, -0.05) is 91.0 Å². The molecule has 0 radical (unpaired) electrons. The Morgan fingerprint density at radius 2 is 1.15 bits per heavy atom. The van der Waals surface area contributed by atoms with E-state index < -0.39 is 0 Å². The van der Waals surface area contributed by atoms with E-state index in [9.17, 15) is 0 Å². The summed E-state index contributed by atoms with van der Waals surface area (Å²) in [5, 5.41) is 7.64. The molecule has 0 bridgehead atoms. The van der Waals surface area contributed by atoms with Crippen molar-refractivity contribution in [3.8, 4) is 39.1 Å². The van der Waals surface area contributed by atoms with Gasteiger partial charge in [-0.15, -0.1) is 0 Å². The van der Waals surface area contributed by atoms with Crippen molar-refractivity contribution in [2.75, 3.05) is 0 Å². The van der Waals surface area contributed by atoms with Gasteiger partial charge in [-0.05, 0) is 85.3 Å². The monoisotopic (exact) mass is 494 g/mol. The maximum Gasteiger partial charge on any atom is 0.0724 e. The van der Waals surface area contributed by atoms with E-state index in [1.54, 1.807) is 0 Å². The molecule has 1 aliphatic carbocycles. The molecule has 2 heteroatoms. The normalized spacial score (nSPS) is 12.1. The molecule has 6 aromatic carbocycles. The highest BCUT2D eigenvalue weighted by molar-refractivity contribution is 6.18. The van der Waals surface area contributed by atoms with Crippen molar-refractivity contribution in [2.24, 2.45) is 0 Å². The summed E-state index contributed by atoms with van der Waals surface area (Å²) in [6.45, 7) is 0. The van der Waals surface area contributed by atoms with Gasteiger partial charge in [-0.2, -0.15) is 0 Å². The maximum absolute atomic E-state index is 4.48. The lowest BCUT2D eigenvalue weighted by Crippen LogP contribution is -1.94. The van der Waals surface area contributed by atoms with Crippen LogP contribution in [0, 0.1) is 0 Å². The zero-order valence-corrected chi connectivity index (χ0v) is 21.1. The first-order chi connectivity index (χ1) is 19.3. The van der Waals surface area contributed by atoms with Gasteiger partial charge in [0.25, 0.3) is 0 Å². The van der Waals surface area contributed by atoms with Crippen LogP contribution in [0.15, 0.2) is 134 Å². The van der Waals surface area contributed by atoms with Crippen molar-refractivity contribution >= 4 is 43.4 Å². The fraction of sp³-hybridized carbons (Fsp3) is 0. The third-order valence-electron chi connectivity index (χ3n) is 8.42. The van der Waals surface area contributed by atoms with Gasteiger partial charge in [0.1, 0.15) is 0 Å². The molecule has 2 nitrogen and oxygen atoms in total. The molecule has 0 N–H and O–H groups in total. The fourth-order valence-corrected chi connectivity index (χ4v) is 6.68. The second-order valence-corrected chi connectivity index (χ2v) is 10.4. The summed E-state index contributed by atoms with van der Waals surface area (Å²) in [7, 11) is 0. The SMILES string of the molecule is c1ccc2c(c1)-c1cccc3c(-c4ccc(-n5c6cnccc6c6cc7ccccc7cc65)cc4)ccc-2c13. The number of fused-ring (bicyclic) bond motifs is 7. The van der Waals surface area contributed by atoms with Crippen LogP contribution in [0.25, 0.3) is 82.4 Å². The predicted octanol–water partition coefficient (Wildman–Crippen LogP) is 9.80. The summed E-state index contributed by atoms with van der Waals surface area (Å²) >= 11 is 0. The number of pyridine rings is 1. The van der Waals surface area contributed by atoms with Crippen molar-refractivity contribution in [1.29, 1.82) is 0 Å². The Morgan fingerprint density at radius 3 is 1.97 bits per heavy atom. The van der Waals surface area contributed by atoms with Gasteiger partial charge >= 0.3 is 0 Å². The van der Waals surface area contributed by atoms with Crippen molar-refractivity contribution in [3.05, 3.63) is 134 Å². The van der Waals surface area contributed by atoms with E-state index >= 15 is 0 Å². The second kappa shape index (κ2) is 7.66. The molecule has 0 saturated heterocycles. The minimum absolute atomic E-state index is 1.12. The van der Waals surface area contributed by atoms with E-state index in [1.807, 2.05) is 12.4 Å². The van der Waals surface area contributed by atoms with Crippen molar-refractivity contribution in [3.63, 3.8) is 0 Å².